The number of rotatable bonds is 11. The molecule has 0 radical (unpaired) electrons. The summed E-state index contributed by atoms with van der Waals surface area (Å²) in [5.74, 6) is 0.298. The Balaban J connectivity index is 1.67. The Labute approximate surface area is 209 Å². The maximum Gasteiger partial charge on any atom is 0.314 e. The summed E-state index contributed by atoms with van der Waals surface area (Å²) >= 11 is 0. The lowest BCUT2D eigenvalue weighted by molar-refractivity contribution is -0.278. The maximum atomic E-state index is 11.6. The molecule has 0 unspecified atom stereocenters. The van der Waals surface area contributed by atoms with Crippen molar-refractivity contribution in [2.24, 2.45) is 0 Å². The van der Waals surface area contributed by atoms with Gasteiger partial charge in [-0.2, -0.15) is 0 Å². The van der Waals surface area contributed by atoms with Crippen LogP contribution in [0.5, 0.6) is 5.88 Å². The van der Waals surface area contributed by atoms with Gasteiger partial charge < -0.3 is 45.6 Å². The van der Waals surface area contributed by atoms with Crippen LogP contribution in [0.15, 0.2) is 24.3 Å². The molecule has 3 rings (SSSR count). The third-order valence-electron chi connectivity index (χ3n) is 6.02. The SMILES string of the molecule is CC(C)c1[nH]nc(O[C@@H]2O[C@H](CO)[C@@H](O)[C@H](O)[C@H]2O)c1Cc1ccc(CCNC(=O)NCCO)cc1. The van der Waals surface area contributed by atoms with Gasteiger partial charge in [0.15, 0.2) is 0 Å². The molecular weight excluding hydrogens is 472 g/mol. The summed E-state index contributed by atoms with van der Waals surface area (Å²) in [4.78, 5) is 11.6. The standard InChI is InChI=1S/C24H36N4O8/c1-13(2)18-16(11-15-5-3-14(4-6-15)7-8-25-24(34)26-9-10-29)22(28-27-18)36-23-21(33)20(32)19(31)17(12-30)35-23/h3-6,13,17,19-21,23,29-33H,7-12H2,1-2H3,(H,27,28)(H2,25,26,34)/t17-,19-,20+,21-,23+/m1/s1. The van der Waals surface area contributed by atoms with Crippen LogP contribution in [0.3, 0.4) is 0 Å². The molecule has 1 aliphatic rings. The van der Waals surface area contributed by atoms with E-state index >= 15 is 0 Å². The molecule has 1 saturated heterocycles. The number of carbonyl (C=O) groups excluding carboxylic acids is 1. The van der Waals surface area contributed by atoms with E-state index in [1.165, 1.54) is 0 Å². The number of urea groups is 1. The smallest absolute Gasteiger partial charge is 0.314 e. The Kier molecular flexibility index (Phi) is 10.0. The van der Waals surface area contributed by atoms with E-state index in [4.69, 9.17) is 14.6 Å². The van der Waals surface area contributed by atoms with Gasteiger partial charge in [-0.3, -0.25) is 5.10 Å². The first-order chi connectivity index (χ1) is 17.2. The van der Waals surface area contributed by atoms with Crippen LogP contribution in [0.25, 0.3) is 0 Å². The summed E-state index contributed by atoms with van der Waals surface area (Å²) in [6, 6.07) is 7.55. The van der Waals surface area contributed by atoms with Gasteiger partial charge in [0.05, 0.1) is 13.2 Å². The molecule has 8 N–H and O–H groups in total. The number of hydrogen-bond donors (Lipinski definition) is 8. The Morgan fingerprint density at radius 2 is 1.72 bits per heavy atom. The highest BCUT2D eigenvalue weighted by molar-refractivity contribution is 5.73. The molecule has 1 aliphatic heterocycles. The Morgan fingerprint density at radius 1 is 1.06 bits per heavy atom. The molecule has 12 heteroatoms. The van der Waals surface area contributed by atoms with E-state index in [1.54, 1.807) is 0 Å². The van der Waals surface area contributed by atoms with E-state index in [1.807, 2.05) is 38.1 Å². The minimum Gasteiger partial charge on any atom is -0.443 e. The number of hydrogen-bond acceptors (Lipinski definition) is 9. The molecule has 2 heterocycles. The molecule has 0 bridgehead atoms. The van der Waals surface area contributed by atoms with Crippen molar-refractivity contribution in [3.8, 4) is 5.88 Å². The van der Waals surface area contributed by atoms with Gasteiger partial charge in [0, 0.05) is 30.8 Å². The molecule has 5 atom stereocenters. The topological polar surface area (TPSA) is 189 Å². The first kappa shape index (κ1) is 27.8. The van der Waals surface area contributed by atoms with Crippen molar-refractivity contribution in [1.29, 1.82) is 0 Å². The van der Waals surface area contributed by atoms with Crippen molar-refractivity contribution in [3.63, 3.8) is 0 Å². The lowest BCUT2D eigenvalue weighted by atomic mass is 9.98. The van der Waals surface area contributed by atoms with Crippen molar-refractivity contribution in [1.82, 2.24) is 20.8 Å². The lowest BCUT2D eigenvalue weighted by Crippen LogP contribution is -2.60. The quantitative estimate of drug-likeness (QED) is 0.191. The monoisotopic (exact) mass is 508 g/mol. The van der Waals surface area contributed by atoms with Gasteiger partial charge in [0.25, 0.3) is 0 Å². The van der Waals surface area contributed by atoms with Crippen LogP contribution in [0.1, 0.15) is 42.1 Å². The molecule has 0 spiro atoms. The van der Waals surface area contributed by atoms with E-state index in [9.17, 15) is 25.2 Å². The van der Waals surface area contributed by atoms with Crippen molar-refractivity contribution in [3.05, 3.63) is 46.6 Å². The van der Waals surface area contributed by atoms with Crippen LogP contribution in [0.4, 0.5) is 4.79 Å². The molecule has 200 valence electrons. The molecule has 0 aliphatic carbocycles. The summed E-state index contributed by atoms with van der Waals surface area (Å²) in [5.41, 5.74) is 3.62. The minimum atomic E-state index is -1.55. The van der Waals surface area contributed by atoms with Gasteiger partial charge in [-0.1, -0.05) is 38.1 Å². The normalized spacial score (nSPS) is 24.1. The van der Waals surface area contributed by atoms with E-state index in [-0.39, 0.29) is 31.0 Å². The summed E-state index contributed by atoms with van der Waals surface area (Å²) < 4.78 is 11.3. The summed E-state index contributed by atoms with van der Waals surface area (Å²) in [7, 11) is 0. The number of aromatic nitrogens is 2. The van der Waals surface area contributed by atoms with Crippen LogP contribution in [-0.2, 0) is 17.6 Å². The van der Waals surface area contributed by atoms with Crippen molar-refractivity contribution in [2.75, 3.05) is 26.3 Å². The fourth-order valence-electron chi connectivity index (χ4n) is 3.96. The Morgan fingerprint density at radius 3 is 2.36 bits per heavy atom. The van der Waals surface area contributed by atoms with E-state index in [2.05, 4.69) is 20.8 Å². The summed E-state index contributed by atoms with van der Waals surface area (Å²) in [5, 5.41) is 61.0. The molecule has 0 saturated carbocycles. The second-order valence-corrected chi connectivity index (χ2v) is 9.04. The third kappa shape index (κ3) is 6.93. The van der Waals surface area contributed by atoms with Crippen LogP contribution in [0, 0.1) is 0 Å². The molecule has 2 amide bonds. The molecule has 1 aromatic carbocycles. The number of nitrogens with zero attached hydrogens (tertiary/aromatic N) is 1. The second-order valence-electron chi connectivity index (χ2n) is 9.04. The minimum absolute atomic E-state index is 0.0991. The third-order valence-corrected chi connectivity index (χ3v) is 6.02. The number of aliphatic hydroxyl groups excluding tert-OH is 5. The fraction of sp³-hybridized carbons (Fsp3) is 0.583. The largest absolute Gasteiger partial charge is 0.443 e. The van der Waals surface area contributed by atoms with Gasteiger partial charge in [-0.25, -0.2) is 4.79 Å². The highest BCUT2D eigenvalue weighted by Crippen LogP contribution is 2.31. The van der Waals surface area contributed by atoms with Crippen molar-refractivity contribution in [2.45, 2.75) is 63.3 Å². The predicted octanol–water partition coefficient (Wildman–Crippen LogP) is -0.863. The number of aromatic amines is 1. The van der Waals surface area contributed by atoms with Crippen LogP contribution < -0.4 is 15.4 Å². The molecule has 2 aromatic rings. The van der Waals surface area contributed by atoms with Crippen LogP contribution in [-0.4, -0.2) is 98.8 Å². The van der Waals surface area contributed by atoms with E-state index in [0.29, 0.717) is 19.4 Å². The summed E-state index contributed by atoms with van der Waals surface area (Å²) in [6.45, 7) is 3.99. The number of carbonyl (C=O) groups is 1. The van der Waals surface area contributed by atoms with Gasteiger partial charge in [0.2, 0.25) is 12.2 Å². The average molecular weight is 509 g/mol. The van der Waals surface area contributed by atoms with Crippen molar-refractivity contribution < 1.29 is 39.8 Å². The lowest BCUT2D eigenvalue weighted by Gasteiger charge is -2.39. The maximum absolute atomic E-state index is 11.6. The highest BCUT2D eigenvalue weighted by Gasteiger charge is 2.45. The number of ether oxygens (including phenoxy) is 2. The number of aliphatic hydroxyl groups is 5. The van der Waals surface area contributed by atoms with Gasteiger partial charge in [0.1, 0.15) is 24.4 Å². The molecule has 1 fully saturated rings. The first-order valence-electron chi connectivity index (χ1n) is 12.0. The highest BCUT2D eigenvalue weighted by atomic mass is 16.7. The van der Waals surface area contributed by atoms with Crippen molar-refractivity contribution >= 4 is 6.03 Å². The van der Waals surface area contributed by atoms with Crippen LogP contribution >= 0.6 is 0 Å². The Hall–Kier alpha value is -2.74. The molecule has 36 heavy (non-hydrogen) atoms. The van der Waals surface area contributed by atoms with Crippen LogP contribution in [0.2, 0.25) is 0 Å². The van der Waals surface area contributed by atoms with Gasteiger partial charge in [-0.05, 0) is 23.5 Å². The first-order valence-corrected chi connectivity index (χ1v) is 12.0. The fourth-order valence-corrected chi connectivity index (χ4v) is 3.96. The number of nitrogens with one attached hydrogen (secondary N) is 3. The van der Waals surface area contributed by atoms with Gasteiger partial charge in [-0.15, -0.1) is 5.10 Å². The average Bonchev–Trinajstić information content (AvgIpc) is 3.26. The number of H-pyrrole nitrogens is 1. The van der Waals surface area contributed by atoms with E-state index in [0.717, 1.165) is 22.4 Å². The second kappa shape index (κ2) is 13.0. The zero-order valence-electron chi connectivity index (χ0n) is 20.4. The zero-order valence-corrected chi connectivity index (χ0v) is 20.4. The zero-order chi connectivity index (χ0) is 26.2. The number of benzene rings is 1. The van der Waals surface area contributed by atoms with Gasteiger partial charge >= 0.3 is 6.03 Å². The summed E-state index contributed by atoms with van der Waals surface area (Å²) in [6.07, 6.45) is -5.85. The Bertz CT molecular complexity index is 966. The predicted molar refractivity (Wildman–Crippen MR) is 129 cm³/mol. The number of amides is 2. The van der Waals surface area contributed by atoms with E-state index < -0.39 is 37.3 Å². The molecule has 1 aromatic heterocycles. The molecule has 12 nitrogen and oxygen atoms in total. The molecular formula is C24H36N4O8.